The molecule has 0 fully saturated rings. The molecule has 0 unspecified atom stereocenters. The van der Waals surface area contributed by atoms with Gasteiger partial charge >= 0.3 is 0 Å². The third-order valence-electron chi connectivity index (χ3n) is 7.71. The van der Waals surface area contributed by atoms with Gasteiger partial charge in [-0.25, -0.2) is 17.2 Å². The van der Waals surface area contributed by atoms with Crippen molar-refractivity contribution in [3.8, 4) is 22.5 Å². The van der Waals surface area contributed by atoms with Gasteiger partial charge in [-0.05, 0) is 55.5 Å². The lowest BCUT2D eigenvalue weighted by molar-refractivity contribution is 0.0962. The number of rotatable bonds is 7. The average molecular weight is 633 g/mol. The molecule has 1 aliphatic heterocycles. The Morgan fingerprint density at radius 3 is 2.40 bits per heavy atom. The van der Waals surface area contributed by atoms with E-state index < -0.39 is 39.0 Å². The van der Waals surface area contributed by atoms with Crippen LogP contribution in [0.1, 0.15) is 33.2 Å². The minimum absolute atomic E-state index is 0.0503. The van der Waals surface area contributed by atoms with E-state index >= 15 is 0 Å². The molecule has 2 amide bonds. The highest BCUT2D eigenvalue weighted by atomic mass is 32.2. The Bertz CT molecular complexity index is 2210. The zero-order valence-corrected chi connectivity index (χ0v) is 25.1. The Labute approximate surface area is 255 Å². The smallest absolute Gasteiger partial charge is 0.274 e. The normalized spacial score (nSPS) is 12.9. The number of nitrogens with zero attached hydrogens (tertiary/aromatic N) is 2. The number of anilines is 2. The summed E-state index contributed by atoms with van der Waals surface area (Å²) in [7, 11) is -0.926. The highest BCUT2D eigenvalue weighted by Gasteiger charge is 2.33. The van der Waals surface area contributed by atoms with Crippen LogP contribution in [0.4, 0.5) is 20.2 Å². The molecule has 0 atom stereocenters. The van der Waals surface area contributed by atoms with E-state index in [1.165, 1.54) is 91.3 Å². The quantitative estimate of drug-likeness (QED) is 0.259. The van der Waals surface area contributed by atoms with Crippen LogP contribution < -0.4 is 20.5 Å². The molecule has 0 aliphatic carbocycles. The maximum atomic E-state index is 14.6. The molecule has 0 spiro atoms. The number of nitrogens with one attached hydrogen (secondary N) is 2. The number of sulfonamides is 1. The SMILES string of the molecule is CCS(=O)(=O)Nc1cc2oc(-c3ccc(F)cc3)c(C(=O)NC)c2cc1-c1cc(N2Cc3c(F)cccc3C2=O)c(=O)n(C)c1. The van der Waals surface area contributed by atoms with Crippen molar-refractivity contribution in [3.63, 3.8) is 0 Å². The van der Waals surface area contributed by atoms with Crippen molar-refractivity contribution >= 4 is 44.2 Å². The number of hydrogen-bond acceptors (Lipinski definition) is 6. The summed E-state index contributed by atoms with van der Waals surface area (Å²) in [5.74, 6) is -2.24. The van der Waals surface area contributed by atoms with Crippen LogP contribution in [0.5, 0.6) is 0 Å². The number of amides is 2. The number of carbonyl (C=O) groups is 2. The van der Waals surface area contributed by atoms with Gasteiger partial charge in [0.2, 0.25) is 10.0 Å². The predicted molar refractivity (Wildman–Crippen MR) is 166 cm³/mol. The van der Waals surface area contributed by atoms with Gasteiger partial charge in [0.1, 0.15) is 28.7 Å². The second-order valence-electron chi connectivity index (χ2n) is 10.5. The van der Waals surface area contributed by atoms with E-state index in [1.54, 1.807) is 6.07 Å². The second kappa shape index (κ2) is 11.0. The fourth-order valence-electron chi connectivity index (χ4n) is 5.39. The Hall–Kier alpha value is -5.30. The van der Waals surface area contributed by atoms with Crippen LogP contribution in [-0.4, -0.2) is 37.6 Å². The van der Waals surface area contributed by atoms with Crippen LogP contribution >= 0.6 is 0 Å². The third kappa shape index (κ3) is 5.14. The van der Waals surface area contributed by atoms with Gasteiger partial charge in [-0.15, -0.1) is 0 Å². The Balaban J connectivity index is 1.60. The van der Waals surface area contributed by atoms with Crippen LogP contribution in [0, 0.1) is 11.6 Å². The molecular weight excluding hydrogens is 606 g/mol. The maximum Gasteiger partial charge on any atom is 0.274 e. The largest absolute Gasteiger partial charge is 0.455 e. The van der Waals surface area contributed by atoms with E-state index in [2.05, 4.69) is 10.0 Å². The molecule has 2 N–H and O–H groups in total. The van der Waals surface area contributed by atoms with Gasteiger partial charge in [-0.1, -0.05) is 6.07 Å². The van der Waals surface area contributed by atoms with E-state index in [0.29, 0.717) is 16.5 Å². The molecular formula is C32H26F2N4O6S. The summed E-state index contributed by atoms with van der Waals surface area (Å²) in [6, 6.07) is 13.9. The lowest BCUT2D eigenvalue weighted by atomic mass is 9.99. The number of aryl methyl sites for hydroxylation is 1. The lowest BCUT2D eigenvalue weighted by Crippen LogP contribution is -2.31. The van der Waals surface area contributed by atoms with E-state index in [4.69, 9.17) is 4.42 Å². The van der Waals surface area contributed by atoms with Gasteiger partial charge in [0.15, 0.2) is 0 Å². The van der Waals surface area contributed by atoms with Crippen LogP contribution in [0.2, 0.25) is 0 Å². The van der Waals surface area contributed by atoms with Gasteiger partial charge in [-0.3, -0.25) is 24.0 Å². The van der Waals surface area contributed by atoms with Gasteiger partial charge in [0.05, 0.1) is 23.5 Å². The van der Waals surface area contributed by atoms with Crippen LogP contribution in [-0.2, 0) is 23.6 Å². The molecule has 0 saturated carbocycles. The van der Waals surface area contributed by atoms with Crippen LogP contribution in [0.25, 0.3) is 33.4 Å². The van der Waals surface area contributed by atoms with Gasteiger partial charge in [-0.2, -0.15) is 0 Å². The molecule has 45 heavy (non-hydrogen) atoms. The Morgan fingerprint density at radius 2 is 1.73 bits per heavy atom. The van der Waals surface area contributed by atoms with Crippen molar-refractivity contribution < 1.29 is 31.2 Å². The number of aromatic nitrogens is 1. The van der Waals surface area contributed by atoms with Crippen molar-refractivity contribution in [1.29, 1.82) is 0 Å². The van der Waals surface area contributed by atoms with E-state index in [0.717, 1.165) is 0 Å². The molecule has 6 rings (SSSR count). The van der Waals surface area contributed by atoms with E-state index in [1.807, 2.05) is 0 Å². The molecule has 10 nitrogen and oxygen atoms in total. The molecule has 2 aromatic heterocycles. The number of carbonyl (C=O) groups excluding carboxylic acids is 2. The second-order valence-corrected chi connectivity index (χ2v) is 12.5. The predicted octanol–water partition coefficient (Wildman–Crippen LogP) is 5.03. The van der Waals surface area contributed by atoms with Crippen LogP contribution in [0.3, 0.4) is 0 Å². The van der Waals surface area contributed by atoms with Gasteiger partial charge in [0.25, 0.3) is 17.4 Å². The zero-order valence-electron chi connectivity index (χ0n) is 24.3. The minimum Gasteiger partial charge on any atom is -0.455 e. The highest BCUT2D eigenvalue weighted by Crippen LogP contribution is 2.41. The molecule has 13 heteroatoms. The first-order valence-corrected chi connectivity index (χ1v) is 15.5. The first-order chi connectivity index (χ1) is 21.4. The van der Waals surface area contributed by atoms with E-state index in [9.17, 15) is 31.6 Å². The molecule has 0 bridgehead atoms. The van der Waals surface area contributed by atoms with Gasteiger partial charge < -0.3 is 14.3 Å². The highest BCUT2D eigenvalue weighted by molar-refractivity contribution is 7.92. The zero-order chi connectivity index (χ0) is 32.2. The summed E-state index contributed by atoms with van der Waals surface area (Å²) in [6.45, 7) is 1.29. The Morgan fingerprint density at radius 1 is 1.00 bits per heavy atom. The Kier molecular flexibility index (Phi) is 7.28. The summed E-state index contributed by atoms with van der Waals surface area (Å²) in [4.78, 5) is 41.0. The number of fused-ring (bicyclic) bond motifs is 2. The number of hydrogen-bond donors (Lipinski definition) is 2. The van der Waals surface area contributed by atoms with Crippen molar-refractivity contribution in [1.82, 2.24) is 9.88 Å². The first-order valence-electron chi connectivity index (χ1n) is 13.8. The lowest BCUT2D eigenvalue weighted by Gasteiger charge is -2.19. The van der Waals surface area contributed by atoms with Crippen molar-refractivity contribution in [3.05, 3.63) is 106 Å². The summed E-state index contributed by atoms with van der Waals surface area (Å²) in [6.07, 6.45) is 1.46. The fraction of sp³-hybridized carbons (Fsp3) is 0.156. The summed E-state index contributed by atoms with van der Waals surface area (Å²) < 4.78 is 63.7. The topological polar surface area (TPSA) is 131 Å². The molecule has 3 heterocycles. The minimum atomic E-state index is -3.83. The number of furan rings is 1. The van der Waals surface area contributed by atoms with Crippen molar-refractivity contribution in [2.75, 3.05) is 22.4 Å². The molecule has 0 radical (unpaired) electrons. The maximum absolute atomic E-state index is 14.6. The summed E-state index contributed by atoms with van der Waals surface area (Å²) in [5.41, 5.74) is 1.08. The molecule has 3 aromatic carbocycles. The average Bonchev–Trinajstić information content (AvgIpc) is 3.56. The van der Waals surface area contributed by atoms with Crippen molar-refractivity contribution in [2.45, 2.75) is 13.5 Å². The molecule has 1 aliphatic rings. The van der Waals surface area contributed by atoms with Crippen LogP contribution in [0.15, 0.2) is 76.1 Å². The van der Waals surface area contributed by atoms with E-state index in [-0.39, 0.29) is 57.3 Å². The molecule has 230 valence electrons. The number of benzene rings is 3. The fourth-order valence-corrected chi connectivity index (χ4v) is 6.03. The molecule has 0 saturated heterocycles. The first kappa shape index (κ1) is 29.8. The number of halogens is 2. The molecule has 5 aromatic rings. The monoisotopic (exact) mass is 632 g/mol. The van der Waals surface area contributed by atoms with Crippen molar-refractivity contribution in [2.24, 2.45) is 7.05 Å². The standard InChI is InChI=1S/C32H26F2N4O6S/c1-4-45(42,43)36-25-14-27-22(28(30(39)35-2)29(44-27)17-8-10-19(33)11-9-17)13-21(25)18-12-26(32(41)37(3)15-18)38-16-23-20(31(38)40)6-5-7-24(23)34/h5-15,36H,4,16H2,1-3H3,(H,35,39). The number of pyridine rings is 1. The summed E-state index contributed by atoms with van der Waals surface area (Å²) >= 11 is 0. The third-order valence-corrected chi connectivity index (χ3v) is 9.00. The van der Waals surface area contributed by atoms with Gasteiger partial charge in [0, 0.05) is 59.6 Å². The summed E-state index contributed by atoms with van der Waals surface area (Å²) in [5, 5.41) is 2.89.